The fourth-order valence-electron chi connectivity index (χ4n) is 3.31. The number of hydrogen-bond donors (Lipinski definition) is 1. The van der Waals surface area contributed by atoms with Crippen LogP contribution in [0.3, 0.4) is 0 Å². The third kappa shape index (κ3) is 5.68. The minimum absolute atomic E-state index is 0.0292. The number of rotatable bonds is 8. The van der Waals surface area contributed by atoms with Crippen LogP contribution in [-0.2, 0) is 21.4 Å². The Morgan fingerprint density at radius 3 is 2.79 bits per heavy atom. The molecule has 156 valence electrons. The molecule has 0 bridgehead atoms. The molecule has 0 unspecified atom stereocenters. The molecule has 1 saturated heterocycles. The molecule has 2 heterocycles. The van der Waals surface area contributed by atoms with E-state index in [0.29, 0.717) is 24.8 Å². The summed E-state index contributed by atoms with van der Waals surface area (Å²) < 4.78 is 27.3. The molecule has 2 aromatic rings. The number of sulfonamides is 1. The first kappa shape index (κ1) is 21.5. The third-order valence-electron chi connectivity index (χ3n) is 4.67. The van der Waals surface area contributed by atoms with Crippen LogP contribution in [0.25, 0.3) is 0 Å². The minimum atomic E-state index is -3.24. The van der Waals surface area contributed by atoms with Gasteiger partial charge < -0.3 is 9.88 Å². The quantitative estimate of drug-likeness (QED) is 0.505. The van der Waals surface area contributed by atoms with Gasteiger partial charge >= 0.3 is 0 Å². The molecule has 1 N–H and O–H groups in total. The lowest BCUT2D eigenvalue weighted by atomic mass is 9.99. The van der Waals surface area contributed by atoms with E-state index < -0.39 is 10.0 Å². The standard InChI is InChI=1S/C19H25N5O3S2/c1-3-11-24-18(15-8-7-12-23(13-15)29(2,26)27)21-22-19(24)28-14-17(25)20-16-9-5-4-6-10-16/h3-6,9-10,15H,1,7-8,11-14H2,2H3,(H,20,25)/t15-/m0/s1. The number of carbonyl (C=O) groups is 1. The fraction of sp³-hybridized carbons (Fsp3) is 0.421. The molecule has 0 radical (unpaired) electrons. The number of amides is 1. The predicted molar refractivity (Wildman–Crippen MR) is 114 cm³/mol. The van der Waals surface area contributed by atoms with Crippen LogP contribution >= 0.6 is 11.8 Å². The van der Waals surface area contributed by atoms with Gasteiger partial charge in [0.2, 0.25) is 15.9 Å². The lowest BCUT2D eigenvalue weighted by Gasteiger charge is -2.30. The van der Waals surface area contributed by atoms with Crippen molar-refractivity contribution in [1.29, 1.82) is 0 Å². The van der Waals surface area contributed by atoms with Crippen molar-refractivity contribution in [2.24, 2.45) is 0 Å². The minimum Gasteiger partial charge on any atom is -0.325 e. The van der Waals surface area contributed by atoms with Crippen molar-refractivity contribution in [1.82, 2.24) is 19.1 Å². The Bertz CT molecular complexity index is 959. The summed E-state index contributed by atoms with van der Waals surface area (Å²) >= 11 is 1.30. The molecular weight excluding hydrogens is 410 g/mol. The monoisotopic (exact) mass is 435 g/mol. The predicted octanol–water partition coefficient (Wildman–Crippen LogP) is 2.33. The van der Waals surface area contributed by atoms with Crippen molar-refractivity contribution in [2.75, 3.05) is 30.4 Å². The van der Waals surface area contributed by atoms with Crippen LogP contribution in [0.2, 0.25) is 0 Å². The second kappa shape index (κ2) is 9.55. The number of nitrogens with zero attached hydrogens (tertiary/aromatic N) is 4. The van der Waals surface area contributed by atoms with E-state index in [2.05, 4.69) is 22.1 Å². The summed E-state index contributed by atoms with van der Waals surface area (Å²) in [5.74, 6) is 0.782. The van der Waals surface area contributed by atoms with Gasteiger partial charge in [-0.05, 0) is 25.0 Å². The average Bonchev–Trinajstić information content (AvgIpc) is 3.10. The van der Waals surface area contributed by atoms with Crippen LogP contribution in [0.5, 0.6) is 0 Å². The molecule has 1 amide bonds. The Morgan fingerprint density at radius 2 is 2.10 bits per heavy atom. The Morgan fingerprint density at radius 1 is 1.34 bits per heavy atom. The van der Waals surface area contributed by atoms with Gasteiger partial charge in [-0.2, -0.15) is 0 Å². The van der Waals surface area contributed by atoms with Crippen molar-refractivity contribution in [3.8, 4) is 0 Å². The van der Waals surface area contributed by atoms with Gasteiger partial charge in [0.15, 0.2) is 5.16 Å². The van der Waals surface area contributed by atoms with E-state index in [0.717, 1.165) is 24.4 Å². The van der Waals surface area contributed by atoms with Crippen LogP contribution < -0.4 is 5.32 Å². The summed E-state index contributed by atoms with van der Waals surface area (Å²) in [6.07, 6.45) is 4.61. The number of hydrogen-bond acceptors (Lipinski definition) is 6. The summed E-state index contributed by atoms with van der Waals surface area (Å²) in [6.45, 7) is 5.23. The number of anilines is 1. The molecule has 1 aliphatic heterocycles. The van der Waals surface area contributed by atoms with Gasteiger partial charge in [0, 0.05) is 31.2 Å². The first-order chi connectivity index (χ1) is 13.9. The van der Waals surface area contributed by atoms with Crippen molar-refractivity contribution in [3.63, 3.8) is 0 Å². The van der Waals surface area contributed by atoms with E-state index in [-0.39, 0.29) is 17.6 Å². The Kier molecular flexibility index (Phi) is 7.09. The molecule has 0 spiro atoms. The smallest absolute Gasteiger partial charge is 0.234 e. The van der Waals surface area contributed by atoms with Crippen molar-refractivity contribution < 1.29 is 13.2 Å². The van der Waals surface area contributed by atoms with Crippen molar-refractivity contribution >= 4 is 33.4 Å². The van der Waals surface area contributed by atoms with Gasteiger partial charge in [0.1, 0.15) is 5.82 Å². The van der Waals surface area contributed by atoms with Crippen LogP contribution in [0.4, 0.5) is 5.69 Å². The van der Waals surface area contributed by atoms with Gasteiger partial charge in [-0.15, -0.1) is 16.8 Å². The Labute approximate surface area is 175 Å². The summed E-state index contributed by atoms with van der Waals surface area (Å²) in [6, 6.07) is 9.27. The zero-order valence-corrected chi connectivity index (χ0v) is 18.0. The zero-order valence-electron chi connectivity index (χ0n) is 16.3. The number of allylic oxidation sites excluding steroid dienone is 1. The van der Waals surface area contributed by atoms with Crippen molar-refractivity contribution in [3.05, 3.63) is 48.8 Å². The summed E-state index contributed by atoms with van der Waals surface area (Å²) in [7, 11) is -3.24. The molecule has 0 aliphatic carbocycles. The first-order valence-corrected chi connectivity index (χ1v) is 12.2. The van der Waals surface area contributed by atoms with Gasteiger partial charge in [0.25, 0.3) is 0 Å². The number of benzene rings is 1. The molecule has 1 fully saturated rings. The lowest BCUT2D eigenvalue weighted by Crippen LogP contribution is -2.39. The van der Waals surface area contributed by atoms with E-state index in [1.165, 1.54) is 22.3 Å². The number of piperidine rings is 1. The third-order valence-corrected chi connectivity index (χ3v) is 6.90. The molecular formula is C19H25N5O3S2. The molecule has 1 aliphatic rings. The SMILES string of the molecule is C=CCn1c(SCC(=O)Nc2ccccc2)nnc1[C@H]1CCCN(S(C)(=O)=O)C1. The maximum Gasteiger partial charge on any atom is 0.234 e. The zero-order chi connectivity index (χ0) is 20.9. The Hall–Kier alpha value is -2.17. The Balaban J connectivity index is 1.69. The lowest BCUT2D eigenvalue weighted by molar-refractivity contribution is -0.113. The normalized spacial score (nSPS) is 17.8. The molecule has 10 heteroatoms. The summed E-state index contributed by atoms with van der Waals surface area (Å²) in [4.78, 5) is 12.2. The first-order valence-electron chi connectivity index (χ1n) is 9.35. The highest BCUT2D eigenvalue weighted by atomic mass is 32.2. The van der Waals surface area contributed by atoms with Gasteiger partial charge in [0.05, 0.1) is 12.0 Å². The van der Waals surface area contributed by atoms with Crippen LogP contribution in [0, 0.1) is 0 Å². The molecule has 8 nitrogen and oxygen atoms in total. The van der Waals surface area contributed by atoms with Gasteiger partial charge in [-0.25, -0.2) is 12.7 Å². The van der Waals surface area contributed by atoms with Gasteiger partial charge in [-0.1, -0.05) is 36.0 Å². The van der Waals surface area contributed by atoms with Crippen LogP contribution in [0.15, 0.2) is 48.1 Å². The maximum absolute atomic E-state index is 12.2. The topological polar surface area (TPSA) is 97.2 Å². The molecule has 1 aromatic carbocycles. The van der Waals surface area contributed by atoms with Crippen LogP contribution in [-0.4, -0.2) is 58.5 Å². The molecule has 3 rings (SSSR count). The fourth-order valence-corrected chi connectivity index (χ4v) is 4.98. The number of nitrogens with one attached hydrogen (secondary N) is 1. The van der Waals surface area contributed by atoms with E-state index in [1.54, 1.807) is 6.08 Å². The van der Waals surface area contributed by atoms with E-state index >= 15 is 0 Å². The maximum atomic E-state index is 12.2. The highest BCUT2D eigenvalue weighted by Gasteiger charge is 2.30. The number of aromatic nitrogens is 3. The number of para-hydroxylation sites is 1. The largest absolute Gasteiger partial charge is 0.325 e. The molecule has 29 heavy (non-hydrogen) atoms. The number of thioether (sulfide) groups is 1. The van der Waals surface area contributed by atoms with Crippen molar-refractivity contribution in [2.45, 2.75) is 30.5 Å². The molecule has 0 saturated carbocycles. The van der Waals surface area contributed by atoms with Crippen LogP contribution in [0.1, 0.15) is 24.6 Å². The average molecular weight is 436 g/mol. The van der Waals surface area contributed by atoms with E-state index in [4.69, 9.17) is 0 Å². The summed E-state index contributed by atoms with van der Waals surface area (Å²) in [5.41, 5.74) is 0.745. The molecule has 1 atom stereocenters. The van der Waals surface area contributed by atoms with Gasteiger partial charge in [-0.3, -0.25) is 4.79 Å². The van der Waals surface area contributed by atoms with E-state index in [1.807, 2.05) is 34.9 Å². The second-order valence-corrected chi connectivity index (χ2v) is 9.83. The highest BCUT2D eigenvalue weighted by Crippen LogP contribution is 2.29. The summed E-state index contributed by atoms with van der Waals surface area (Å²) in [5, 5.41) is 12.1. The second-order valence-electron chi connectivity index (χ2n) is 6.90. The highest BCUT2D eigenvalue weighted by molar-refractivity contribution is 7.99. The van der Waals surface area contributed by atoms with E-state index in [9.17, 15) is 13.2 Å². The number of carbonyl (C=O) groups excluding carboxylic acids is 1. The molecule has 1 aromatic heterocycles.